The number of carbonyl (C=O) groups is 7. The summed E-state index contributed by atoms with van der Waals surface area (Å²) in [5, 5.41) is 32.9. The Morgan fingerprint density at radius 1 is 0.563 bits per heavy atom. The van der Waals surface area contributed by atoms with Gasteiger partial charge < -0.3 is 44.5 Å². The number of anilines is 4. The minimum atomic E-state index is -0.395. The van der Waals surface area contributed by atoms with Crippen molar-refractivity contribution < 1.29 is 47.8 Å². The predicted octanol–water partition coefficient (Wildman–Crippen LogP) is 5.31. The molecule has 8 aromatic rings. The zero-order valence-corrected chi connectivity index (χ0v) is 58.2. The van der Waals surface area contributed by atoms with Gasteiger partial charge in [-0.1, -0.05) is 0 Å². The third-order valence-corrected chi connectivity index (χ3v) is 20.3. The Hall–Kier alpha value is -10.3. The molecule has 536 valence electrons. The van der Waals surface area contributed by atoms with Gasteiger partial charge in [0, 0.05) is 159 Å². The van der Waals surface area contributed by atoms with E-state index < -0.39 is 5.91 Å². The molecule has 6 N–H and O–H groups in total. The van der Waals surface area contributed by atoms with E-state index in [1.54, 1.807) is 61.0 Å². The van der Waals surface area contributed by atoms with Gasteiger partial charge in [0.1, 0.15) is 23.3 Å². The van der Waals surface area contributed by atoms with Crippen LogP contribution in [0.15, 0.2) is 88.1 Å². The number of fused-ring (bicyclic) bond motifs is 3. The molecule has 6 aliphatic heterocycles. The lowest BCUT2D eigenvalue weighted by atomic mass is 10.1. The fraction of sp³-hybridized carbons (Fsp3) is 0.444. The van der Waals surface area contributed by atoms with E-state index in [4.69, 9.17) is 29.2 Å². The maximum Gasteiger partial charge on any atom is 0.264 e. The summed E-state index contributed by atoms with van der Waals surface area (Å²) in [4.78, 5) is 119. The minimum Gasteiger partial charge on any atom is -0.380 e. The average Bonchev–Trinajstić information content (AvgIpc) is 1.68. The molecule has 31 heteroatoms. The maximum absolute atomic E-state index is 13.2. The van der Waals surface area contributed by atoms with Gasteiger partial charge in [0.15, 0.2) is 16.9 Å². The Labute approximate surface area is 595 Å². The molecule has 0 aromatic carbocycles. The van der Waals surface area contributed by atoms with Crippen molar-refractivity contribution in [1.29, 1.82) is 0 Å². The molecule has 0 radical (unpaired) electrons. The van der Waals surface area contributed by atoms with Crippen LogP contribution in [0.1, 0.15) is 104 Å². The monoisotopic (exact) mass is 1420 g/mol. The molecule has 6 saturated heterocycles. The van der Waals surface area contributed by atoms with Gasteiger partial charge >= 0.3 is 0 Å². The third-order valence-electron chi connectivity index (χ3n) is 19.4. The van der Waals surface area contributed by atoms with Gasteiger partial charge in [0.25, 0.3) is 29.2 Å². The van der Waals surface area contributed by atoms with Crippen molar-refractivity contribution in [3.63, 3.8) is 0 Å². The molecule has 2 unspecified atom stereocenters. The number of rotatable bonds is 19. The highest BCUT2D eigenvalue weighted by Crippen LogP contribution is 2.35. The quantitative estimate of drug-likeness (QED) is 0.0441. The number of amides is 7. The molecule has 9 aliphatic rings. The second-order valence-electron chi connectivity index (χ2n) is 27.7. The normalized spacial score (nSPS) is 21.5. The number of nitrogens with one attached hydrogen (secondary N) is 6. The number of pyridine rings is 1. The van der Waals surface area contributed by atoms with Gasteiger partial charge in [-0.3, -0.25) is 59.2 Å². The van der Waals surface area contributed by atoms with Gasteiger partial charge in [-0.25, -0.2) is 15.0 Å². The number of thiophene rings is 1. The summed E-state index contributed by atoms with van der Waals surface area (Å²) in [6.07, 6.45) is 20.3. The molecule has 0 spiro atoms. The van der Waals surface area contributed by atoms with Gasteiger partial charge in [0.2, 0.25) is 17.7 Å². The maximum atomic E-state index is 13.2. The summed E-state index contributed by atoms with van der Waals surface area (Å²) in [7, 11) is 0. The summed E-state index contributed by atoms with van der Waals surface area (Å²) < 4.78 is 23.7. The number of hydrogen-bond donors (Lipinski definition) is 6. The van der Waals surface area contributed by atoms with Gasteiger partial charge in [-0.15, -0.1) is 11.3 Å². The first kappa shape index (κ1) is 68.4. The SMILES string of the molecule is CC1CN(C(=O)c2cc(-c3cc(NCC4CC4)n4ncc(/C=C5\CC(=O)NC5=O)c4n3)cs2)CC(C)O1.O=C1C/C(=C\c2cnn3c(NCC4CC4)cc(-c4ccn(CCN5CCOCC5)c(=O)c4)nc23)C(=O)N1.O=C1C/C(=C\c2cnn3c(NCC4CC4)cc(N4CCCOCC4)nc23)C(=O)N1. The standard InChI is InChI=1S/C26H29N7O4.C26H28N6O4S.C20H24N6O3/c34-23-12-19(26(36)30-23)11-20-16-28-33-22(27-15-17-1-2-17)14-21(29-25(20)33)18-3-4-32(24(35)13-18)6-5-31-7-9-37-10-8-31;1-14-11-31(12-15(2)36-14)26(35)21-6-19(13-37-21)20-8-22(27-9-16-3-4-16)32-24(29-20)18(10-28-32)5-17-7-23(33)30-25(17)34;27-18-9-14(20(28)24-18)8-15-12-22-26-16(21-11-13-2-3-13)10-17(23-19(15)26)25-4-1-6-29-7-5-25/h3-4,11,13-14,16-17,27H,1-2,5-10,12,15H2,(H,30,34,36);5-6,8,10,13-16,27H,3-4,7,9,11-12H2,1-2H3,(H,30,33,34);8,10,12-13,21H,1-7,9,11H2,(H,24,27,28)/b19-11+;17-5+;14-8+. The second-order valence-corrected chi connectivity index (χ2v) is 28.6. The number of imide groups is 3. The van der Waals surface area contributed by atoms with E-state index >= 15 is 0 Å². The Kier molecular flexibility index (Phi) is 19.9. The average molecular weight is 1420 g/mol. The zero-order valence-electron chi connectivity index (χ0n) is 57.4. The second kappa shape index (κ2) is 29.9. The number of nitrogens with zero attached hydrogens (tertiary/aromatic N) is 13. The van der Waals surface area contributed by atoms with Crippen LogP contribution in [-0.4, -0.2) is 204 Å². The van der Waals surface area contributed by atoms with Crippen molar-refractivity contribution in [1.82, 2.24) is 74.1 Å². The Bertz CT molecular complexity index is 4800. The Balaban J connectivity index is 0.000000126. The summed E-state index contributed by atoms with van der Waals surface area (Å²) in [5.41, 5.74) is 7.81. The Morgan fingerprint density at radius 2 is 1.04 bits per heavy atom. The van der Waals surface area contributed by atoms with E-state index in [9.17, 15) is 38.4 Å². The summed E-state index contributed by atoms with van der Waals surface area (Å²) in [6.45, 7) is 15.4. The van der Waals surface area contributed by atoms with E-state index in [2.05, 4.69) is 57.0 Å². The molecule has 30 nitrogen and oxygen atoms in total. The molecule has 9 fully saturated rings. The van der Waals surface area contributed by atoms with Crippen LogP contribution in [0, 0.1) is 17.8 Å². The third kappa shape index (κ3) is 16.3. The predicted molar refractivity (Wildman–Crippen MR) is 384 cm³/mol. The number of carbonyl (C=O) groups excluding carboxylic acids is 7. The lowest BCUT2D eigenvalue weighted by molar-refractivity contribution is -0.125. The zero-order chi connectivity index (χ0) is 70.8. The first-order valence-corrected chi connectivity index (χ1v) is 36.3. The first-order valence-electron chi connectivity index (χ1n) is 35.4. The van der Waals surface area contributed by atoms with E-state index in [1.165, 1.54) is 49.9 Å². The van der Waals surface area contributed by atoms with Crippen LogP contribution in [0.5, 0.6) is 0 Å². The molecule has 7 amide bonds. The van der Waals surface area contributed by atoms with E-state index in [1.807, 2.05) is 60.7 Å². The van der Waals surface area contributed by atoms with Crippen LogP contribution >= 0.6 is 11.3 Å². The van der Waals surface area contributed by atoms with Crippen molar-refractivity contribution in [3.8, 4) is 22.5 Å². The highest BCUT2D eigenvalue weighted by molar-refractivity contribution is 7.12. The van der Waals surface area contributed by atoms with Crippen molar-refractivity contribution in [3.05, 3.63) is 115 Å². The van der Waals surface area contributed by atoms with Crippen LogP contribution in [0.4, 0.5) is 23.3 Å². The molecular weight excluding hydrogens is 1340 g/mol. The molecule has 17 rings (SSSR count). The van der Waals surface area contributed by atoms with Crippen LogP contribution in [0.2, 0.25) is 0 Å². The highest BCUT2D eigenvalue weighted by Gasteiger charge is 2.32. The minimum absolute atomic E-state index is 0.00176. The van der Waals surface area contributed by atoms with Crippen molar-refractivity contribution in [2.75, 3.05) is 113 Å². The van der Waals surface area contributed by atoms with Crippen molar-refractivity contribution in [2.24, 2.45) is 17.8 Å². The fourth-order valence-corrected chi connectivity index (χ4v) is 14.1. The number of hydrogen-bond acceptors (Lipinski definition) is 23. The van der Waals surface area contributed by atoms with Gasteiger partial charge in [-0.05, 0) is 107 Å². The molecule has 8 aromatic heterocycles. The molecule has 2 atom stereocenters. The largest absolute Gasteiger partial charge is 0.380 e. The van der Waals surface area contributed by atoms with E-state index in [0.29, 0.717) is 105 Å². The topological polar surface area (TPSA) is 342 Å². The van der Waals surface area contributed by atoms with E-state index in [0.717, 1.165) is 119 Å². The number of morpholine rings is 2. The van der Waals surface area contributed by atoms with Gasteiger partial charge in [-0.2, -0.15) is 28.8 Å². The fourth-order valence-electron chi connectivity index (χ4n) is 13.2. The molecular formula is C72H81N19O11S. The van der Waals surface area contributed by atoms with E-state index in [-0.39, 0.29) is 72.5 Å². The smallest absolute Gasteiger partial charge is 0.264 e. The van der Waals surface area contributed by atoms with Gasteiger partial charge in [0.05, 0.1) is 86.1 Å². The highest BCUT2D eigenvalue weighted by atomic mass is 32.1. The molecule has 14 heterocycles. The lowest BCUT2D eigenvalue weighted by Gasteiger charge is -2.35. The first-order chi connectivity index (χ1) is 50.0. The van der Waals surface area contributed by atoms with Crippen LogP contribution < -0.4 is 42.4 Å². The molecule has 3 saturated carbocycles. The van der Waals surface area contributed by atoms with Crippen LogP contribution in [-0.2, 0) is 49.5 Å². The number of ether oxygens (including phenoxy) is 3. The van der Waals surface area contributed by atoms with Crippen molar-refractivity contribution in [2.45, 2.75) is 96.8 Å². The van der Waals surface area contributed by atoms with Crippen molar-refractivity contribution >= 4 is 111 Å². The number of aromatic nitrogens is 10. The molecule has 0 bridgehead atoms. The summed E-state index contributed by atoms with van der Waals surface area (Å²) in [5.74, 6) is 3.30. The molecule has 3 aliphatic carbocycles. The molecule has 103 heavy (non-hydrogen) atoms. The van der Waals surface area contributed by atoms with Crippen LogP contribution in [0.3, 0.4) is 0 Å². The lowest BCUT2D eigenvalue weighted by Crippen LogP contribution is -2.48. The van der Waals surface area contributed by atoms with Crippen LogP contribution in [0.25, 0.3) is 57.7 Å². The summed E-state index contributed by atoms with van der Waals surface area (Å²) in [6, 6.07) is 11.3. The Morgan fingerprint density at radius 3 is 1.52 bits per heavy atom. The summed E-state index contributed by atoms with van der Waals surface area (Å²) >= 11 is 1.40.